The standard InChI is InChI=1S/C12H14F2N2O2S/c1-3-16(8-9(2)7-15)19(17,18)12-6-10(13)4-5-11(12)14/h4-6,9H,3,8H2,1-2H3. The van der Waals surface area contributed by atoms with Gasteiger partial charge in [0.15, 0.2) is 0 Å². The lowest BCUT2D eigenvalue weighted by atomic mass is 10.2. The Labute approximate surface area is 111 Å². The first-order chi connectivity index (χ1) is 8.82. The smallest absolute Gasteiger partial charge is 0.207 e. The SMILES string of the molecule is CCN(CC(C)C#N)S(=O)(=O)c1cc(F)ccc1F. The molecule has 0 aromatic heterocycles. The van der Waals surface area contributed by atoms with E-state index < -0.39 is 32.5 Å². The molecule has 104 valence electrons. The molecule has 0 bridgehead atoms. The number of hydrogen-bond acceptors (Lipinski definition) is 3. The normalized spacial score (nSPS) is 13.3. The number of halogens is 2. The van der Waals surface area contributed by atoms with Crippen molar-refractivity contribution in [3.05, 3.63) is 29.8 Å². The third-order valence-corrected chi connectivity index (χ3v) is 4.52. The Hall–Kier alpha value is -1.52. The van der Waals surface area contributed by atoms with Crippen LogP contribution in [0, 0.1) is 28.9 Å². The molecule has 19 heavy (non-hydrogen) atoms. The van der Waals surface area contributed by atoms with Crippen LogP contribution in [0.5, 0.6) is 0 Å². The second-order valence-electron chi connectivity index (χ2n) is 4.06. The summed E-state index contributed by atoms with van der Waals surface area (Å²) < 4.78 is 52.0. The number of hydrogen-bond donors (Lipinski definition) is 0. The second kappa shape index (κ2) is 6.08. The molecule has 0 aliphatic rings. The van der Waals surface area contributed by atoms with E-state index in [4.69, 9.17) is 5.26 Å². The maximum absolute atomic E-state index is 13.5. The van der Waals surface area contributed by atoms with Gasteiger partial charge in [0.25, 0.3) is 0 Å². The Morgan fingerprint density at radius 1 is 1.42 bits per heavy atom. The molecule has 1 atom stereocenters. The van der Waals surface area contributed by atoms with Crippen molar-refractivity contribution in [2.75, 3.05) is 13.1 Å². The molecule has 0 aliphatic heterocycles. The third kappa shape index (κ3) is 3.49. The molecule has 0 saturated heterocycles. The monoisotopic (exact) mass is 288 g/mol. The Bertz CT molecular complexity index is 596. The van der Waals surface area contributed by atoms with Crippen LogP contribution >= 0.6 is 0 Å². The van der Waals surface area contributed by atoms with Crippen LogP contribution in [0.15, 0.2) is 23.1 Å². The zero-order valence-electron chi connectivity index (χ0n) is 10.6. The molecule has 1 unspecified atom stereocenters. The van der Waals surface area contributed by atoms with Crippen molar-refractivity contribution in [2.45, 2.75) is 18.7 Å². The first-order valence-corrected chi connectivity index (χ1v) is 7.11. The molecule has 0 N–H and O–H groups in total. The molecule has 0 aliphatic carbocycles. The minimum atomic E-state index is -4.14. The van der Waals surface area contributed by atoms with Gasteiger partial charge in [-0.3, -0.25) is 0 Å². The Kier molecular flexibility index (Phi) is 4.97. The summed E-state index contributed by atoms with van der Waals surface area (Å²) in [6.45, 7) is 3.13. The van der Waals surface area contributed by atoms with E-state index in [2.05, 4.69) is 0 Å². The van der Waals surface area contributed by atoms with Crippen LogP contribution in [0.4, 0.5) is 8.78 Å². The van der Waals surface area contributed by atoms with Crippen LogP contribution in [0.1, 0.15) is 13.8 Å². The number of nitrogens with zero attached hydrogens (tertiary/aromatic N) is 2. The molecule has 0 amide bonds. The Balaban J connectivity index is 3.21. The van der Waals surface area contributed by atoms with Gasteiger partial charge in [0, 0.05) is 13.1 Å². The van der Waals surface area contributed by atoms with Crippen molar-refractivity contribution in [3.63, 3.8) is 0 Å². The highest BCUT2D eigenvalue weighted by molar-refractivity contribution is 7.89. The van der Waals surface area contributed by atoms with E-state index in [9.17, 15) is 17.2 Å². The van der Waals surface area contributed by atoms with Crippen LogP contribution in [0.25, 0.3) is 0 Å². The molecule has 1 aromatic rings. The van der Waals surface area contributed by atoms with Crippen molar-refractivity contribution in [2.24, 2.45) is 5.92 Å². The Morgan fingerprint density at radius 3 is 2.58 bits per heavy atom. The van der Waals surface area contributed by atoms with Gasteiger partial charge in [-0.25, -0.2) is 17.2 Å². The molecular formula is C12H14F2N2O2S. The molecule has 1 aromatic carbocycles. The average molecular weight is 288 g/mol. The minimum Gasteiger partial charge on any atom is -0.207 e. The number of nitriles is 1. The summed E-state index contributed by atoms with van der Waals surface area (Å²) in [7, 11) is -4.14. The average Bonchev–Trinajstić information content (AvgIpc) is 2.37. The van der Waals surface area contributed by atoms with Crippen molar-refractivity contribution >= 4 is 10.0 Å². The largest absolute Gasteiger partial charge is 0.246 e. The molecule has 0 spiro atoms. The molecular weight excluding hydrogens is 274 g/mol. The lowest BCUT2D eigenvalue weighted by Gasteiger charge is -2.21. The van der Waals surface area contributed by atoms with Crippen LogP contribution in [0.3, 0.4) is 0 Å². The van der Waals surface area contributed by atoms with E-state index in [1.165, 1.54) is 0 Å². The summed E-state index contributed by atoms with van der Waals surface area (Å²) in [6.07, 6.45) is 0. The van der Waals surface area contributed by atoms with Crippen molar-refractivity contribution in [1.82, 2.24) is 4.31 Å². The predicted molar refractivity (Wildman–Crippen MR) is 65.6 cm³/mol. The summed E-state index contributed by atoms with van der Waals surface area (Å²) in [5.41, 5.74) is 0. The number of rotatable bonds is 5. The lowest BCUT2D eigenvalue weighted by Crippen LogP contribution is -2.34. The van der Waals surface area contributed by atoms with Gasteiger partial charge >= 0.3 is 0 Å². The first-order valence-electron chi connectivity index (χ1n) is 5.67. The van der Waals surface area contributed by atoms with E-state index in [-0.39, 0.29) is 13.1 Å². The van der Waals surface area contributed by atoms with Crippen LogP contribution < -0.4 is 0 Å². The highest BCUT2D eigenvalue weighted by Gasteiger charge is 2.27. The maximum atomic E-state index is 13.5. The summed E-state index contributed by atoms with van der Waals surface area (Å²) in [6, 6.07) is 4.17. The fourth-order valence-corrected chi connectivity index (χ4v) is 3.17. The molecule has 1 rings (SSSR count). The summed E-state index contributed by atoms with van der Waals surface area (Å²) in [5, 5.41) is 8.71. The van der Waals surface area contributed by atoms with Crippen LogP contribution in [0.2, 0.25) is 0 Å². The van der Waals surface area contributed by atoms with E-state index in [0.717, 1.165) is 16.4 Å². The number of benzene rings is 1. The van der Waals surface area contributed by atoms with E-state index >= 15 is 0 Å². The lowest BCUT2D eigenvalue weighted by molar-refractivity contribution is 0.396. The van der Waals surface area contributed by atoms with E-state index in [0.29, 0.717) is 6.07 Å². The van der Waals surface area contributed by atoms with E-state index in [1.54, 1.807) is 13.8 Å². The van der Waals surface area contributed by atoms with Gasteiger partial charge in [-0.2, -0.15) is 9.57 Å². The first kappa shape index (κ1) is 15.5. The zero-order chi connectivity index (χ0) is 14.6. The number of sulfonamides is 1. The van der Waals surface area contributed by atoms with Gasteiger partial charge in [-0.1, -0.05) is 6.92 Å². The highest BCUT2D eigenvalue weighted by atomic mass is 32.2. The molecule has 0 saturated carbocycles. The zero-order valence-corrected chi connectivity index (χ0v) is 11.4. The molecule has 0 heterocycles. The van der Waals surface area contributed by atoms with Gasteiger partial charge in [-0.05, 0) is 25.1 Å². The fraction of sp³-hybridized carbons (Fsp3) is 0.417. The molecule has 0 radical (unpaired) electrons. The van der Waals surface area contributed by atoms with Crippen LogP contribution in [-0.4, -0.2) is 25.8 Å². The predicted octanol–water partition coefficient (Wildman–Crippen LogP) is 2.14. The van der Waals surface area contributed by atoms with Crippen molar-refractivity contribution in [1.29, 1.82) is 5.26 Å². The second-order valence-corrected chi connectivity index (χ2v) is 5.97. The summed E-state index contributed by atoms with van der Waals surface area (Å²) >= 11 is 0. The molecule has 4 nitrogen and oxygen atoms in total. The highest BCUT2D eigenvalue weighted by Crippen LogP contribution is 2.21. The van der Waals surface area contributed by atoms with Crippen molar-refractivity contribution in [3.8, 4) is 6.07 Å². The van der Waals surface area contributed by atoms with Gasteiger partial charge in [-0.15, -0.1) is 0 Å². The topological polar surface area (TPSA) is 61.2 Å². The van der Waals surface area contributed by atoms with Gasteiger partial charge < -0.3 is 0 Å². The van der Waals surface area contributed by atoms with Gasteiger partial charge in [0.2, 0.25) is 10.0 Å². The summed E-state index contributed by atoms with van der Waals surface area (Å²) in [5.74, 6) is -2.37. The quantitative estimate of drug-likeness (QED) is 0.834. The summed E-state index contributed by atoms with van der Waals surface area (Å²) in [4.78, 5) is -0.709. The third-order valence-electron chi connectivity index (χ3n) is 2.56. The van der Waals surface area contributed by atoms with E-state index in [1.807, 2.05) is 6.07 Å². The molecule has 7 heteroatoms. The van der Waals surface area contributed by atoms with Gasteiger partial charge in [0.05, 0.1) is 12.0 Å². The van der Waals surface area contributed by atoms with Crippen molar-refractivity contribution < 1.29 is 17.2 Å². The minimum absolute atomic E-state index is 0.0642. The van der Waals surface area contributed by atoms with Crippen LogP contribution in [-0.2, 0) is 10.0 Å². The maximum Gasteiger partial charge on any atom is 0.246 e. The Morgan fingerprint density at radius 2 is 2.05 bits per heavy atom. The molecule has 0 fully saturated rings. The fourth-order valence-electron chi connectivity index (χ4n) is 1.56. The van der Waals surface area contributed by atoms with Gasteiger partial charge in [0.1, 0.15) is 16.5 Å².